The molecule has 0 saturated heterocycles. The topological polar surface area (TPSA) is 55.5 Å². The van der Waals surface area contributed by atoms with Crippen LogP contribution >= 0.6 is 0 Å². The van der Waals surface area contributed by atoms with Gasteiger partial charge in [0.15, 0.2) is 0 Å². The number of ether oxygens (including phenoxy) is 1. The second-order valence-electron chi connectivity index (χ2n) is 5.11. The Balaban J connectivity index is 2.91. The van der Waals surface area contributed by atoms with Crippen molar-refractivity contribution < 1.29 is 9.84 Å². The number of benzene rings is 1. The largest absolute Gasteiger partial charge is 0.497 e. The molecule has 1 rings (SSSR count). The van der Waals surface area contributed by atoms with E-state index < -0.39 is 12.1 Å². The molecule has 0 saturated carbocycles. The summed E-state index contributed by atoms with van der Waals surface area (Å²) in [5.41, 5.74) is 6.70. The fourth-order valence-corrected chi connectivity index (χ4v) is 1.57. The second kappa shape index (κ2) is 4.85. The zero-order valence-corrected chi connectivity index (χ0v) is 10.4. The van der Waals surface area contributed by atoms with Crippen molar-refractivity contribution in [2.75, 3.05) is 7.11 Å². The van der Waals surface area contributed by atoms with E-state index in [0.717, 1.165) is 11.3 Å². The number of hydrogen-bond acceptors (Lipinski definition) is 3. The molecular formula is C13H21NO2. The van der Waals surface area contributed by atoms with Crippen LogP contribution in [0.3, 0.4) is 0 Å². The highest BCUT2D eigenvalue weighted by molar-refractivity contribution is 5.31. The number of nitrogens with two attached hydrogens (primary N) is 1. The molecule has 0 amide bonds. The summed E-state index contributed by atoms with van der Waals surface area (Å²) in [5.74, 6) is 0.758. The minimum atomic E-state index is -0.584. The van der Waals surface area contributed by atoms with Gasteiger partial charge in [0.1, 0.15) is 5.75 Å². The molecule has 0 aliphatic carbocycles. The molecule has 3 heteroatoms. The summed E-state index contributed by atoms with van der Waals surface area (Å²) in [6, 6.07) is 7.11. The highest BCUT2D eigenvalue weighted by Gasteiger charge is 2.29. The van der Waals surface area contributed by atoms with Gasteiger partial charge in [0.05, 0.1) is 19.3 Å². The van der Waals surface area contributed by atoms with Crippen LogP contribution in [0.15, 0.2) is 24.3 Å². The quantitative estimate of drug-likeness (QED) is 0.825. The lowest BCUT2D eigenvalue weighted by Crippen LogP contribution is -2.36. The van der Waals surface area contributed by atoms with Crippen molar-refractivity contribution in [2.24, 2.45) is 11.1 Å². The second-order valence-corrected chi connectivity index (χ2v) is 5.11. The number of rotatable bonds is 3. The fourth-order valence-electron chi connectivity index (χ4n) is 1.57. The van der Waals surface area contributed by atoms with Gasteiger partial charge in [0.25, 0.3) is 0 Å². The van der Waals surface area contributed by atoms with Gasteiger partial charge >= 0.3 is 0 Å². The third-order valence-corrected chi connectivity index (χ3v) is 2.71. The van der Waals surface area contributed by atoms with Crippen LogP contribution in [0.2, 0.25) is 0 Å². The first-order valence-electron chi connectivity index (χ1n) is 5.44. The maximum atomic E-state index is 10.1. The van der Waals surface area contributed by atoms with Gasteiger partial charge in [-0.3, -0.25) is 0 Å². The first-order valence-corrected chi connectivity index (χ1v) is 5.44. The molecule has 2 atom stereocenters. The lowest BCUT2D eigenvalue weighted by molar-refractivity contribution is 0.0400. The van der Waals surface area contributed by atoms with Crippen LogP contribution in [-0.2, 0) is 0 Å². The van der Waals surface area contributed by atoms with E-state index in [1.807, 2.05) is 45.0 Å². The summed E-state index contributed by atoms with van der Waals surface area (Å²) in [4.78, 5) is 0. The third-order valence-electron chi connectivity index (χ3n) is 2.71. The zero-order valence-electron chi connectivity index (χ0n) is 10.4. The first kappa shape index (κ1) is 13.0. The summed E-state index contributed by atoms with van der Waals surface area (Å²) in [6.07, 6.45) is -0.584. The van der Waals surface area contributed by atoms with E-state index in [4.69, 9.17) is 10.5 Å². The normalized spacial score (nSPS) is 15.6. The molecule has 0 aliphatic rings. The van der Waals surface area contributed by atoms with Gasteiger partial charge in [0, 0.05) is 0 Å². The van der Waals surface area contributed by atoms with Crippen LogP contribution in [0, 0.1) is 5.41 Å². The third kappa shape index (κ3) is 2.97. The Bertz CT molecular complexity index is 344. The van der Waals surface area contributed by atoms with Crippen molar-refractivity contribution in [3.8, 4) is 5.75 Å². The molecule has 1 aromatic carbocycles. The Morgan fingerprint density at radius 2 is 1.94 bits per heavy atom. The molecule has 0 unspecified atom stereocenters. The van der Waals surface area contributed by atoms with Gasteiger partial charge in [-0.2, -0.15) is 0 Å². The maximum Gasteiger partial charge on any atom is 0.119 e. The molecule has 0 aliphatic heterocycles. The van der Waals surface area contributed by atoms with Crippen LogP contribution in [0.1, 0.15) is 32.4 Å². The van der Waals surface area contributed by atoms with Crippen LogP contribution < -0.4 is 10.5 Å². The summed E-state index contributed by atoms with van der Waals surface area (Å²) in [6.45, 7) is 5.91. The number of aliphatic hydroxyl groups is 1. The lowest BCUT2D eigenvalue weighted by Gasteiger charge is -2.31. The van der Waals surface area contributed by atoms with Crippen molar-refractivity contribution in [2.45, 2.75) is 32.9 Å². The van der Waals surface area contributed by atoms with E-state index in [1.54, 1.807) is 7.11 Å². The van der Waals surface area contributed by atoms with E-state index in [0.29, 0.717) is 0 Å². The van der Waals surface area contributed by atoms with Crippen molar-refractivity contribution in [1.82, 2.24) is 0 Å². The van der Waals surface area contributed by atoms with Gasteiger partial charge < -0.3 is 15.6 Å². The van der Waals surface area contributed by atoms with Crippen molar-refractivity contribution >= 4 is 0 Å². The predicted octanol–water partition coefficient (Wildman–Crippen LogP) is 2.10. The minimum absolute atomic E-state index is 0.234. The van der Waals surface area contributed by atoms with Crippen LogP contribution in [0.4, 0.5) is 0 Å². The van der Waals surface area contributed by atoms with Gasteiger partial charge in [-0.25, -0.2) is 0 Å². The Labute approximate surface area is 97.2 Å². The molecule has 3 N–H and O–H groups in total. The summed E-state index contributed by atoms with van der Waals surface area (Å²) >= 11 is 0. The van der Waals surface area contributed by atoms with E-state index in [-0.39, 0.29) is 5.41 Å². The number of hydrogen-bond donors (Lipinski definition) is 2. The van der Waals surface area contributed by atoms with Crippen LogP contribution in [-0.4, -0.2) is 18.3 Å². The highest BCUT2D eigenvalue weighted by Crippen LogP contribution is 2.29. The number of methoxy groups -OCH3 is 1. The van der Waals surface area contributed by atoms with Crippen molar-refractivity contribution in [1.29, 1.82) is 0 Å². The standard InChI is InChI=1S/C13H21NO2/c1-13(2,3)12(15)11(14)9-6-5-7-10(8-9)16-4/h5-8,11-12,15H,14H2,1-4H3/t11-,12-/m1/s1. The Morgan fingerprint density at radius 1 is 1.31 bits per heavy atom. The lowest BCUT2D eigenvalue weighted by atomic mass is 9.82. The molecule has 0 bridgehead atoms. The molecular weight excluding hydrogens is 202 g/mol. The average molecular weight is 223 g/mol. The Kier molecular flexibility index (Phi) is 3.94. The molecule has 0 heterocycles. The van der Waals surface area contributed by atoms with Crippen molar-refractivity contribution in [3.63, 3.8) is 0 Å². The van der Waals surface area contributed by atoms with Gasteiger partial charge in [-0.05, 0) is 23.1 Å². The maximum absolute atomic E-state index is 10.1. The highest BCUT2D eigenvalue weighted by atomic mass is 16.5. The van der Waals surface area contributed by atoms with Crippen LogP contribution in [0.25, 0.3) is 0 Å². The number of aliphatic hydroxyl groups excluding tert-OH is 1. The van der Waals surface area contributed by atoms with Gasteiger partial charge in [0.2, 0.25) is 0 Å². The monoisotopic (exact) mass is 223 g/mol. The van der Waals surface area contributed by atoms with Crippen molar-refractivity contribution in [3.05, 3.63) is 29.8 Å². The van der Waals surface area contributed by atoms with E-state index in [1.165, 1.54) is 0 Å². The van der Waals surface area contributed by atoms with E-state index in [9.17, 15) is 5.11 Å². The average Bonchev–Trinajstić information content (AvgIpc) is 2.26. The SMILES string of the molecule is COc1cccc([C@@H](N)[C@@H](O)C(C)(C)C)c1. The van der Waals surface area contributed by atoms with E-state index in [2.05, 4.69) is 0 Å². The fraction of sp³-hybridized carbons (Fsp3) is 0.538. The van der Waals surface area contributed by atoms with E-state index >= 15 is 0 Å². The Hall–Kier alpha value is -1.06. The summed E-state index contributed by atoms with van der Waals surface area (Å²) in [5, 5.41) is 10.1. The molecule has 0 aromatic heterocycles. The Morgan fingerprint density at radius 3 is 2.44 bits per heavy atom. The summed E-state index contributed by atoms with van der Waals surface area (Å²) in [7, 11) is 1.62. The minimum Gasteiger partial charge on any atom is -0.497 e. The molecule has 1 aromatic rings. The zero-order chi connectivity index (χ0) is 12.3. The molecule has 0 fully saturated rings. The molecule has 0 spiro atoms. The van der Waals surface area contributed by atoms with Gasteiger partial charge in [-0.15, -0.1) is 0 Å². The smallest absolute Gasteiger partial charge is 0.119 e. The first-order chi connectivity index (χ1) is 7.36. The molecule has 90 valence electrons. The molecule has 0 radical (unpaired) electrons. The van der Waals surface area contributed by atoms with Crippen LogP contribution in [0.5, 0.6) is 5.75 Å². The summed E-state index contributed by atoms with van der Waals surface area (Å²) < 4.78 is 5.13. The molecule has 3 nitrogen and oxygen atoms in total. The predicted molar refractivity (Wildman–Crippen MR) is 65.4 cm³/mol. The van der Waals surface area contributed by atoms with Gasteiger partial charge in [-0.1, -0.05) is 32.9 Å². The molecule has 16 heavy (non-hydrogen) atoms.